The number of amides is 1. The second-order valence-electron chi connectivity index (χ2n) is 5.96. The average molecular weight is 354 g/mol. The molecule has 2 aromatic rings. The van der Waals surface area contributed by atoms with E-state index in [1.54, 1.807) is 24.5 Å². The van der Waals surface area contributed by atoms with E-state index in [1.165, 1.54) is 4.90 Å². The number of rotatable bonds is 4. The van der Waals surface area contributed by atoms with Gasteiger partial charge < -0.3 is 9.42 Å². The van der Waals surface area contributed by atoms with Gasteiger partial charge in [0.1, 0.15) is 0 Å². The molecule has 2 aromatic heterocycles. The maximum absolute atomic E-state index is 12.2. The second-order valence-corrected chi connectivity index (χ2v) is 5.96. The summed E-state index contributed by atoms with van der Waals surface area (Å²) in [6, 6.07) is 3.55. The summed E-state index contributed by atoms with van der Waals surface area (Å²) in [5.41, 5.74) is 0.796. The summed E-state index contributed by atoms with van der Waals surface area (Å²) in [5.74, 6) is 0.517. The fourth-order valence-corrected chi connectivity index (χ4v) is 2.80. The van der Waals surface area contributed by atoms with Crippen LogP contribution in [0.15, 0.2) is 29.0 Å². The number of likely N-dealkylation sites (tertiary alicyclic amines) is 1. The minimum atomic E-state index is -4.30. The van der Waals surface area contributed by atoms with Gasteiger partial charge in [0.05, 0.1) is 6.42 Å². The number of nitrogens with zero attached hydrogens (tertiary/aromatic N) is 4. The van der Waals surface area contributed by atoms with E-state index < -0.39 is 24.9 Å². The van der Waals surface area contributed by atoms with Gasteiger partial charge in [-0.2, -0.15) is 18.2 Å². The van der Waals surface area contributed by atoms with Crippen molar-refractivity contribution in [2.24, 2.45) is 0 Å². The second kappa shape index (κ2) is 7.20. The van der Waals surface area contributed by atoms with Gasteiger partial charge in [0, 0.05) is 43.4 Å². The number of carbonyl (C=O) groups is 1. The van der Waals surface area contributed by atoms with Crippen molar-refractivity contribution < 1.29 is 22.5 Å². The molecule has 1 saturated heterocycles. The number of hydrogen-bond donors (Lipinski definition) is 0. The maximum Gasteiger partial charge on any atom is 0.389 e. The molecule has 6 nitrogen and oxygen atoms in total. The van der Waals surface area contributed by atoms with E-state index >= 15 is 0 Å². The molecular weight excluding hydrogens is 337 g/mol. The Hall–Kier alpha value is -2.45. The standard InChI is InChI=1S/C16H17F3N4O2/c17-16(18,19)6-1-13(24)23-9-4-12(5-10-23)15-21-14(22-25-15)11-2-7-20-8-3-11/h2-3,7-8,12H,1,4-6,9-10H2. The van der Waals surface area contributed by atoms with E-state index in [2.05, 4.69) is 15.1 Å². The molecule has 0 N–H and O–H groups in total. The molecule has 1 fully saturated rings. The molecule has 9 heteroatoms. The Morgan fingerprint density at radius 1 is 1.24 bits per heavy atom. The molecule has 1 aliphatic rings. The summed E-state index contributed by atoms with van der Waals surface area (Å²) in [5, 5.41) is 3.95. The molecule has 25 heavy (non-hydrogen) atoms. The third-order valence-corrected chi connectivity index (χ3v) is 4.20. The fraction of sp³-hybridized carbons (Fsp3) is 0.500. The summed E-state index contributed by atoms with van der Waals surface area (Å²) in [6.45, 7) is 0.794. The first-order chi connectivity index (χ1) is 11.9. The van der Waals surface area contributed by atoms with Gasteiger partial charge in [0.2, 0.25) is 17.6 Å². The molecule has 0 atom stereocenters. The van der Waals surface area contributed by atoms with E-state index in [9.17, 15) is 18.0 Å². The van der Waals surface area contributed by atoms with Crippen molar-refractivity contribution in [3.05, 3.63) is 30.4 Å². The molecule has 1 amide bonds. The van der Waals surface area contributed by atoms with Crippen LogP contribution in [0.3, 0.4) is 0 Å². The lowest BCUT2D eigenvalue weighted by atomic mass is 9.96. The van der Waals surface area contributed by atoms with E-state index in [4.69, 9.17) is 4.52 Å². The van der Waals surface area contributed by atoms with Crippen LogP contribution in [0.2, 0.25) is 0 Å². The first-order valence-electron chi connectivity index (χ1n) is 8.01. The quantitative estimate of drug-likeness (QED) is 0.843. The number of aromatic nitrogens is 3. The smallest absolute Gasteiger partial charge is 0.343 e. The molecule has 0 spiro atoms. The van der Waals surface area contributed by atoms with Gasteiger partial charge in [-0.25, -0.2) is 0 Å². The predicted molar refractivity (Wildman–Crippen MR) is 81.4 cm³/mol. The van der Waals surface area contributed by atoms with E-state index in [-0.39, 0.29) is 5.92 Å². The Morgan fingerprint density at radius 3 is 2.56 bits per heavy atom. The van der Waals surface area contributed by atoms with Gasteiger partial charge in [-0.3, -0.25) is 9.78 Å². The van der Waals surface area contributed by atoms with E-state index in [1.807, 2.05) is 0 Å². The summed E-state index contributed by atoms with van der Waals surface area (Å²) >= 11 is 0. The van der Waals surface area contributed by atoms with Crippen molar-refractivity contribution in [1.29, 1.82) is 0 Å². The van der Waals surface area contributed by atoms with Crippen LogP contribution in [0.25, 0.3) is 11.4 Å². The molecule has 0 aromatic carbocycles. The lowest BCUT2D eigenvalue weighted by Gasteiger charge is -2.30. The zero-order valence-corrected chi connectivity index (χ0v) is 13.4. The van der Waals surface area contributed by atoms with Crippen LogP contribution < -0.4 is 0 Å². The van der Waals surface area contributed by atoms with E-state index in [0.29, 0.717) is 37.6 Å². The lowest BCUT2D eigenvalue weighted by molar-refractivity contribution is -0.149. The van der Waals surface area contributed by atoms with Crippen molar-refractivity contribution in [3.8, 4) is 11.4 Å². The largest absolute Gasteiger partial charge is 0.389 e. The molecule has 0 aliphatic carbocycles. The minimum absolute atomic E-state index is 0.00903. The van der Waals surface area contributed by atoms with Crippen LogP contribution in [-0.4, -0.2) is 45.2 Å². The fourth-order valence-electron chi connectivity index (χ4n) is 2.80. The highest BCUT2D eigenvalue weighted by Gasteiger charge is 2.31. The number of piperidine rings is 1. The predicted octanol–water partition coefficient (Wildman–Crippen LogP) is 3.18. The summed E-state index contributed by atoms with van der Waals surface area (Å²) in [6.07, 6.45) is -1.43. The normalized spacial score (nSPS) is 16.2. The first kappa shape index (κ1) is 17.4. The minimum Gasteiger partial charge on any atom is -0.343 e. The Morgan fingerprint density at radius 2 is 1.92 bits per heavy atom. The molecule has 0 bridgehead atoms. The maximum atomic E-state index is 12.2. The average Bonchev–Trinajstić information content (AvgIpc) is 3.10. The lowest BCUT2D eigenvalue weighted by Crippen LogP contribution is -2.38. The zero-order chi connectivity index (χ0) is 17.9. The molecular formula is C16H17F3N4O2. The Labute approximate surface area is 142 Å². The topological polar surface area (TPSA) is 72.1 Å². The Kier molecular flexibility index (Phi) is 5.00. The first-order valence-corrected chi connectivity index (χ1v) is 8.01. The van der Waals surface area contributed by atoms with Gasteiger partial charge in [-0.15, -0.1) is 0 Å². The Bertz CT molecular complexity index is 710. The molecule has 3 rings (SSSR count). The van der Waals surface area contributed by atoms with Gasteiger partial charge in [-0.1, -0.05) is 5.16 Å². The number of hydrogen-bond acceptors (Lipinski definition) is 5. The van der Waals surface area contributed by atoms with Gasteiger partial charge in [-0.05, 0) is 25.0 Å². The third kappa shape index (κ3) is 4.55. The zero-order valence-electron chi connectivity index (χ0n) is 13.4. The molecule has 0 radical (unpaired) electrons. The SMILES string of the molecule is O=C(CCC(F)(F)F)N1CCC(c2nc(-c3ccncc3)no2)CC1. The van der Waals surface area contributed by atoms with Gasteiger partial charge >= 0.3 is 6.18 Å². The van der Waals surface area contributed by atoms with Crippen LogP contribution >= 0.6 is 0 Å². The molecule has 0 saturated carbocycles. The van der Waals surface area contributed by atoms with Crippen molar-refractivity contribution in [2.75, 3.05) is 13.1 Å². The van der Waals surface area contributed by atoms with Crippen LogP contribution in [0.5, 0.6) is 0 Å². The van der Waals surface area contributed by atoms with Crippen LogP contribution in [0.4, 0.5) is 13.2 Å². The van der Waals surface area contributed by atoms with Crippen molar-refractivity contribution in [3.63, 3.8) is 0 Å². The van der Waals surface area contributed by atoms with Gasteiger partial charge in [0.25, 0.3) is 0 Å². The number of carbonyl (C=O) groups excluding carboxylic acids is 1. The molecule has 134 valence electrons. The van der Waals surface area contributed by atoms with Crippen molar-refractivity contribution >= 4 is 5.91 Å². The van der Waals surface area contributed by atoms with Gasteiger partial charge in [0.15, 0.2) is 0 Å². The molecule has 0 unspecified atom stereocenters. The van der Waals surface area contributed by atoms with Crippen LogP contribution in [-0.2, 0) is 4.79 Å². The number of halogens is 3. The number of alkyl halides is 3. The summed E-state index contributed by atoms with van der Waals surface area (Å²) < 4.78 is 41.9. The molecule has 1 aliphatic heterocycles. The van der Waals surface area contributed by atoms with Crippen LogP contribution in [0.1, 0.15) is 37.5 Å². The highest BCUT2D eigenvalue weighted by atomic mass is 19.4. The monoisotopic (exact) mass is 354 g/mol. The van der Waals surface area contributed by atoms with E-state index in [0.717, 1.165) is 5.56 Å². The Balaban J connectivity index is 1.54. The highest BCUT2D eigenvalue weighted by Crippen LogP contribution is 2.29. The summed E-state index contributed by atoms with van der Waals surface area (Å²) in [4.78, 5) is 21.6. The van der Waals surface area contributed by atoms with Crippen molar-refractivity contribution in [2.45, 2.75) is 37.8 Å². The number of pyridine rings is 1. The van der Waals surface area contributed by atoms with Crippen LogP contribution in [0, 0.1) is 0 Å². The highest BCUT2D eigenvalue weighted by molar-refractivity contribution is 5.76. The summed E-state index contributed by atoms with van der Waals surface area (Å²) in [7, 11) is 0. The third-order valence-electron chi connectivity index (χ3n) is 4.20. The van der Waals surface area contributed by atoms with Crippen molar-refractivity contribution in [1.82, 2.24) is 20.0 Å². The molecule has 3 heterocycles.